The van der Waals surface area contributed by atoms with Crippen molar-refractivity contribution in [1.29, 1.82) is 0 Å². The molecule has 23 heavy (non-hydrogen) atoms. The van der Waals surface area contributed by atoms with Crippen molar-refractivity contribution in [3.63, 3.8) is 0 Å². The van der Waals surface area contributed by atoms with Crippen LogP contribution in [-0.4, -0.2) is 15.6 Å². The van der Waals surface area contributed by atoms with Gasteiger partial charge < -0.3 is 9.47 Å². The van der Waals surface area contributed by atoms with Gasteiger partial charge in [-0.15, -0.1) is 0 Å². The molecule has 0 aromatic heterocycles. The Labute approximate surface area is 148 Å². The lowest BCUT2D eigenvalue weighted by Crippen LogP contribution is -2.13. The maximum atomic E-state index is 10.9. The molecule has 2 aromatic rings. The zero-order valence-electron chi connectivity index (χ0n) is 12.8. The van der Waals surface area contributed by atoms with Crippen molar-refractivity contribution in [2.24, 2.45) is 0 Å². The van der Waals surface area contributed by atoms with Crippen LogP contribution in [0.4, 0.5) is 5.69 Å². The predicted molar refractivity (Wildman–Crippen MR) is 97.5 cm³/mol. The zero-order valence-corrected chi connectivity index (χ0v) is 14.9. The van der Waals surface area contributed by atoms with E-state index < -0.39 is 4.92 Å². The second-order valence-electron chi connectivity index (χ2n) is 5.09. The summed E-state index contributed by atoms with van der Waals surface area (Å²) >= 11 is 2.08. The molecule has 2 rings (SSSR count). The Balaban J connectivity index is 2.04. The highest BCUT2D eigenvalue weighted by molar-refractivity contribution is 14.1. The number of benzene rings is 2. The van der Waals surface area contributed by atoms with Crippen molar-refractivity contribution in [3.8, 4) is 11.5 Å². The first kappa shape index (κ1) is 17.5. The normalized spacial score (nSPS) is 11.7. The molecule has 1 atom stereocenters. The number of alkyl halides is 1. The molecule has 0 radical (unpaired) electrons. The zero-order chi connectivity index (χ0) is 16.7. The summed E-state index contributed by atoms with van der Waals surface area (Å²) in [4.78, 5) is 10.5. The minimum atomic E-state index is -0.435. The van der Waals surface area contributed by atoms with E-state index in [1.807, 2.05) is 25.1 Å². The summed E-state index contributed by atoms with van der Waals surface area (Å²) in [6, 6.07) is 14.6. The van der Waals surface area contributed by atoms with E-state index >= 15 is 0 Å². The predicted octanol–water partition coefficient (Wildman–Crippen LogP) is 4.77. The molecule has 122 valence electrons. The lowest BCUT2D eigenvalue weighted by Gasteiger charge is -2.17. The Morgan fingerprint density at radius 1 is 1.17 bits per heavy atom. The van der Waals surface area contributed by atoms with Gasteiger partial charge in [-0.05, 0) is 54.0 Å². The molecule has 0 bridgehead atoms. The van der Waals surface area contributed by atoms with Crippen LogP contribution in [0, 0.1) is 10.1 Å². The molecule has 2 aromatic carbocycles. The van der Waals surface area contributed by atoms with Crippen LogP contribution < -0.4 is 9.47 Å². The smallest absolute Gasteiger partial charge is 0.273 e. The largest absolute Gasteiger partial charge is 0.487 e. The molecule has 0 fully saturated rings. The molecule has 0 aliphatic heterocycles. The third-order valence-electron chi connectivity index (χ3n) is 3.36. The number of non-ortho nitro benzene ring substituents is 1. The highest BCUT2D eigenvalue weighted by Gasteiger charge is 2.15. The molecular weight excluding hydrogens is 409 g/mol. The summed E-state index contributed by atoms with van der Waals surface area (Å²) in [5, 5.41) is 10.9. The van der Waals surface area contributed by atoms with E-state index in [0.717, 1.165) is 12.8 Å². The lowest BCUT2D eigenvalue weighted by atomic mass is 10.1. The van der Waals surface area contributed by atoms with Gasteiger partial charge in [-0.3, -0.25) is 10.1 Å². The van der Waals surface area contributed by atoms with Crippen LogP contribution in [0.5, 0.6) is 11.5 Å². The highest BCUT2D eigenvalue weighted by atomic mass is 127. The Hall–Kier alpha value is -1.83. The quantitative estimate of drug-likeness (QED) is 0.264. The van der Waals surface area contributed by atoms with Crippen LogP contribution in [0.1, 0.15) is 18.9 Å². The molecule has 0 saturated heterocycles. The fraction of sp³-hybridized carbons (Fsp3) is 0.294. The fourth-order valence-corrected chi connectivity index (χ4v) is 2.51. The summed E-state index contributed by atoms with van der Waals surface area (Å²) in [6.07, 6.45) is 1.63. The van der Waals surface area contributed by atoms with Crippen LogP contribution in [0.3, 0.4) is 0 Å². The SMILES string of the molecule is CC(CCc1ccccc1)Oc1cc([N+](=O)[O-])ccc1OCI. The average Bonchev–Trinajstić information content (AvgIpc) is 2.55. The van der Waals surface area contributed by atoms with Gasteiger partial charge in [0.2, 0.25) is 0 Å². The fourth-order valence-electron chi connectivity index (χ4n) is 2.17. The first-order valence-electron chi connectivity index (χ1n) is 7.28. The number of aryl methyl sites for hydroxylation is 1. The third-order valence-corrected chi connectivity index (χ3v) is 3.67. The third kappa shape index (κ3) is 5.38. The minimum absolute atomic E-state index is 0.00364. The summed E-state index contributed by atoms with van der Waals surface area (Å²) in [7, 11) is 0. The van der Waals surface area contributed by atoms with Crippen molar-refractivity contribution in [3.05, 3.63) is 64.2 Å². The van der Waals surface area contributed by atoms with Gasteiger partial charge in [-0.1, -0.05) is 30.3 Å². The molecule has 0 spiro atoms. The van der Waals surface area contributed by atoms with E-state index in [0.29, 0.717) is 16.1 Å². The number of nitro benzene ring substituents is 1. The molecule has 0 saturated carbocycles. The summed E-state index contributed by atoms with van der Waals surface area (Å²) in [6.45, 7) is 1.95. The van der Waals surface area contributed by atoms with Gasteiger partial charge in [0.05, 0.1) is 17.1 Å². The van der Waals surface area contributed by atoms with Gasteiger partial charge in [0.15, 0.2) is 11.5 Å². The van der Waals surface area contributed by atoms with Gasteiger partial charge in [0.1, 0.15) is 4.61 Å². The van der Waals surface area contributed by atoms with E-state index in [9.17, 15) is 10.1 Å². The number of nitro groups is 1. The second kappa shape index (κ2) is 8.71. The van der Waals surface area contributed by atoms with Gasteiger partial charge in [0.25, 0.3) is 5.69 Å². The summed E-state index contributed by atoms with van der Waals surface area (Å²) in [5.41, 5.74) is 1.24. The first-order chi connectivity index (χ1) is 11.1. The average molecular weight is 427 g/mol. The monoisotopic (exact) mass is 427 g/mol. The van der Waals surface area contributed by atoms with E-state index in [4.69, 9.17) is 9.47 Å². The molecular formula is C17H18INO4. The first-order valence-corrected chi connectivity index (χ1v) is 8.80. The van der Waals surface area contributed by atoms with E-state index in [-0.39, 0.29) is 11.8 Å². The van der Waals surface area contributed by atoms with Crippen molar-refractivity contribution >= 4 is 28.3 Å². The molecule has 5 nitrogen and oxygen atoms in total. The second-order valence-corrected chi connectivity index (χ2v) is 5.72. The topological polar surface area (TPSA) is 61.6 Å². The maximum Gasteiger partial charge on any atom is 0.273 e. The molecule has 1 unspecified atom stereocenters. The van der Waals surface area contributed by atoms with Crippen LogP contribution in [0.2, 0.25) is 0 Å². The van der Waals surface area contributed by atoms with Gasteiger partial charge in [-0.2, -0.15) is 0 Å². The maximum absolute atomic E-state index is 10.9. The summed E-state index contributed by atoms with van der Waals surface area (Å²) < 4.78 is 11.8. The molecule has 0 aliphatic carbocycles. The Morgan fingerprint density at radius 3 is 2.57 bits per heavy atom. The van der Waals surface area contributed by atoms with Crippen molar-refractivity contribution in [1.82, 2.24) is 0 Å². The number of ether oxygens (including phenoxy) is 2. The molecule has 0 aliphatic rings. The van der Waals surface area contributed by atoms with Crippen molar-refractivity contribution < 1.29 is 14.4 Å². The molecule has 0 amide bonds. The van der Waals surface area contributed by atoms with Crippen LogP contribution in [0.15, 0.2) is 48.5 Å². The van der Waals surface area contributed by atoms with Crippen molar-refractivity contribution in [2.75, 3.05) is 4.61 Å². The highest BCUT2D eigenvalue weighted by Crippen LogP contribution is 2.33. The molecule has 0 N–H and O–H groups in total. The van der Waals surface area contributed by atoms with Gasteiger partial charge in [-0.25, -0.2) is 0 Å². The van der Waals surface area contributed by atoms with Gasteiger partial charge >= 0.3 is 0 Å². The number of halogens is 1. The van der Waals surface area contributed by atoms with Crippen LogP contribution in [-0.2, 0) is 6.42 Å². The van der Waals surface area contributed by atoms with Crippen molar-refractivity contribution in [2.45, 2.75) is 25.9 Å². The Kier molecular flexibility index (Phi) is 6.64. The number of hydrogen-bond acceptors (Lipinski definition) is 4. The Morgan fingerprint density at radius 2 is 1.91 bits per heavy atom. The van der Waals surface area contributed by atoms with Crippen LogP contribution >= 0.6 is 22.6 Å². The number of rotatable bonds is 8. The standard InChI is InChI=1S/C17H18INO4/c1-13(7-8-14-5-3-2-4-6-14)23-17-11-15(19(20)21)9-10-16(17)22-12-18/h2-6,9-11,13H,7-8,12H2,1H3. The molecule has 0 heterocycles. The van der Waals surface area contributed by atoms with Crippen LogP contribution in [0.25, 0.3) is 0 Å². The Bertz CT molecular complexity index is 648. The number of nitrogens with zero attached hydrogens (tertiary/aromatic N) is 1. The van der Waals surface area contributed by atoms with E-state index in [1.165, 1.54) is 17.7 Å². The summed E-state index contributed by atoms with van der Waals surface area (Å²) in [5.74, 6) is 0.938. The van der Waals surface area contributed by atoms with E-state index in [1.54, 1.807) is 6.07 Å². The molecule has 6 heteroatoms. The number of hydrogen-bond donors (Lipinski definition) is 0. The minimum Gasteiger partial charge on any atom is -0.487 e. The lowest BCUT2D eigenvalue weighted by molar-refractivity contribution is -0.385. The van der Waals surface area contributed by atoms with E-state index in [2.05, 4.69) is 34.7 Å². The van der Waals surface area contributed by atoms with Gasteiger partial charge in [0, 0.05) is 6.07 Å².